The minimum Gasteiger partial charge on any atom is -0.493 e. The van der Waals surface area contributed by atoms with Crippen molar-refractivity contribution < 1.29 is 14.4 Å². The molecule has 0 bridgehead atoms. The zero-order valence-corrected chi connectivity index (χ0v) is 15.7. The summed E-state index contributed by atoms with van der Waals surface area (Å²) in [5, 5.41) is 20.5. The molecule has 0 aromatic heterocycles. The first-order chi connectivity index (χ1) is 14.1. The molecule has 144 valence electrons. The molecule has 0 spiro atoms. The highest BCUT2D eigenvalue weighted by molar-refractivity contribution is 5.90. The molecule has 0 unspecified atom stereocenters. The number of non-ortho nitro benzene ring substituents is 1. The average Bonchev–Trinajstić information content (AvgIpc) is 2.77. The van der Waals surface area contributed by atoms with Crippen LogP contribution in [-0.4, -0.2) is 12.0 Å². The van der Waals surface area contributed by atoms with Gasteiger partial charge in [0.05, 0.1) is 23.7 Å². The fourth-order valence-corrected chi connectivity index (χ4v) is 2.77. The number of nitro benzene ring substituents is 1. The van der Waals surface area contributed by atoms with Crippen LogP contribution >= 0.6 is 0 Å². The number of nitro groups is 1. The topological polar surface area (TPSA) is 85.4 Å². The van der Waals surface area contributed by atoms with E-state index in [-0.39, 0.29) is 5.69 Å². The first kappa shape index (κ1) is 19.6. The van der Waals surface area contributed by atoms with E-state index in [1.165, 1.54) is 12.1 Å². The van der Waals surface area contributed by atoms with Crippen molar-refractivity contribution in [1.82, 2.24) is 0 Å². The van der Waals surface area contributed by atoms with E-state index in [2.05, 4.69) is 6.07 Å². The second-order valence-electron chi connectivity index (χ2n) is 6.16. The molecule has 0 N–H and O–H groups in total. The Morgan fingerprint density at radius 2 is 1.86 bits per heavy atom. The van der Waals surface area contributed by atoms with E-state index >= 15 is 0 Å². The highest BCUT2D eigenvalue weighted by Crippen LogP contribution is 2.31. The number of methoxy groups -OCH3 is 1. The number of rotatable bonds is 7. The van der Waals surface area contributed by atoms with Crippen molar-refractivity contribution in [2.45, 2.75) is 6.61 Å². The van der Waals surface area contributed by atoms with Gasteiger partial charge < -0.3 is 9.47 Å². The van der Waals surface area contributed by atoms with Crippen LogP contribution in [0.15, 0.2) is 72.8 Å². The molecule has 3 rings (SSSR count). The largest absolute Gasteiger partial charge is 0.493 e. The van der Waals surface area contributed by atoms with E-state index in [1.807, 2.05) is 30.3 Å². The number of nitriles is 1. The first-order valence-corrected chi connectivity index (χ1v) is 8.82. The molecule has 0 radical (unpaired) electrons. The molecular weight excluding hydrogens is 368 g/mol. The van der Waals surface area contributed by atoms with Crippen LogP contribution in [0, 0.1) is 21.4 Å². The summed E-state index contributed by atoms with van der Waals surface area (Å²) in [5.41, 5.74) is 2.46. The van der Waals surface area contributed by atoms with Crippen molar-refractivity contribution in [2.24, 2.45) is 0 Å². The third kappa shape index (κ3) is 4.99. The lowest BCUT2D eigenvalue weighted by molar-refractivity contribution is -0.384. The molecule has 3 aromatic carbocycles. The van der Waals surface area contributed by atoms with Gasteiger partial charge in [-0.25, -0.2) is 0 Å². The third-order valence-electron chi connectivity index (χ3n) is 4.22. The van der Waals surface area contributed by atoms with Gasteiger partial charge in [0.1, 0.15) is 6.61 Å². The number of nitrogens with zero attached hydrogens (tertiary/aromatic N) is 2. The van der Waals surface area contributed by atoms with Crippen LogP contribution in [0.4, 0.5) is 5.69 Å². The SMILES string of the molecule is COc1ccc(/C=C(/C#N)c2cccc([N+](=O)[O-])c2)cc1OCc1ccccc1. The summed E-state index contributed by atoms with van der Waals surface area (Å²) in [6.07, 6.45) is 1.66. The Hall–Kier alpha value is -4.11. The van der Waals surface area contributed by atoms with Crippen molar-refractivity contribution in [3.8, 4) is 17.6 Å². The zero-order valence-electron chi connectivity index (χ0n) is 15.7. The molecule has 0 aliphatic rings. The highest BCUT2D eigenvalue weighted by Gasteiger charge is 2.10. The van der Waals surface area contributed by atoms with Gasteiger partial charge in [0.2, 0.25) is 0 Å². The Bertz CT molecular complexity index is 1090. The Morgan fingerprint density at radius 3 is 2.55 bits per heavy atom. The lowest BCUT2D eigenvalue weighted by Gasteiger charge is -2.12. The fourth-order valence-electron chi connectivity index (χ4n) is 2.77. The molecule has 6 nitrogen and oxygen atoms in total. The highest BCUT2D eigenvalue weighted by atomic mass is 16.6. The van der Waals surface area contributed by atoms with Gasteiger partial charge in [-0.3, -0.25) is 10.1 Å². The monoisotopic (exact) mass is 386 g/mol. The van der Waals surface area contributed by atoms with E-state index in [0.717, 1.165) is 11.1 Å². The lowest BCUT2D eigenvalue weighted by atomic mass is 10.0. The van der Waals surface area contributed by atoms with Crippen molar-refractivity contribution in [3.05, 3.63) is 99.6 Å². The van der Waals surface area contributed by atoms with Crippen LogP contribution in [-0.2, 0) is 6.61 Å². The molecule has 0 heterocycles. The molecule has 29 heavy (non-hydrogen) atoms. The Morgan fingerprint density at radius 1 is 1.07 bits per heavy atom. The number of hydrogen-bond acceptors (Lipinski definition) is 5. The van der Waals surface area contributed by atoms with Gasteiger partial charge in [0.15, 0.2) is 11.5 Å². The second kappa shape index (κ2) is 9.20. The lowest BCUT2D eigenvalue weighted by Crippen LogP contribution is -1.98. The molecule has 0 saturated carbocycles. The molecule has 3 aromatic rings. The standard InChI is InChI=1S/C23H18N2O4/c1-28-22-11-10-18(13-23(22)29-16-17-6-3-2-4-7-17)12-20(15-24)19-8-5-9-21(14-19)25(26)27/h2-14H,16H2,1H3/b20-12-. The van der Waals surface area contributed by atoms with E-state index in [9.17, 15) is 15.4 Å². The molecule has 0 amide bonds. The summed E-state index contributed by atoms with van der Waals surface area (Å²) in [5.74, 6) is 1.12. The van der Waals surface area contributed by atoms with Crippen molar-refractivity contribution >= 4 is 17.3 Å². The van der Waals surface area contributed by atoms with E-state index in [4.69, 9.17) is 9.47 Å². The maximum atomic E-state index is 11.0. The minimum atomic E-state index is -0.485. The van der Waals surface area contributed by atoms with Gasteiger partial charge in [-0.15, -0.1) is 0 Å². The fraction of sp³-hybridized carbons (Fsp3) is 0.0870. The molecule has 0 aliphatic heterocycles. The molecule has 0 aliphatic carbocycles. The van der Waals surface area contributed by atoms with Crippen molar-refractivity contribution in [2.75, 3.05) is 7.11 Å². The summed E-state index contributed by atoms with van der Waals surface area (Å²) < 4.78 is 11.3. The van der Waals surface area contributed by atoms with Crippen LogP contribution in [0.5, 0.6) is 11.5 Å². The average molecular weight is 386 g/mol. The number of benzene rings is 3. The molecular formula is C23H18N2O4. The summed E-state index contributed by atoms with van der Waals surface area (Å²) >= 11 is 0. The van der Waals surface area contributed by atoms with E-state index in [0.29, 0.717) is 29.2 Å². The van der Waals surface area contributed by atoms with Crippen molar-refractivity contribution in [1.29, 1.82) is 5.26 Å². The summed E-state index contributed by atoms with van der Waals surface area (Å²) in [6, 6.07) is 23.2. The second-order valence-corrected chi connectivity index (χ2v) is 6.16. The van der Waals surface area contributed by atoms with Gasteiger partial charge in [-0.2, -0.15) is 5.26 Å². The third-order valence-corrected chi connectivity index (χ3v) is 4.22. The van der Waals surface area contributed by atoms with E-state index < -0.39 is 4.92 Å². The van der Waals surface area contributed by atoms with Gasteiger partial charge >= 0.3 is 0 Å². The van der Waals surface area contributed by atoms with E-state index in [1.54, 1.807) is 43.5 Å². The van der Waals surface area contributed by atoms with Crippen molar-refractivity contribution in [3.63, 3.8) is 0 Å². The predicted octanol–water partition coefficient (Wildman–Crippen LogP) is 5.25. The maximum Gasteiger partial charge on any atom is 0.270 e. The van der Waals surface area contributed by atoms with Crippen LogP contribution in [0.1, 0.15) is 16.7 Å². The summed E-state index contributed by atoms with van der Waals surface area (Å²) in [4.78, 5) is 10.5. The zero-order chi connectivity index (χ0) is 20.6. The predicted molar refractivity (Wildman–Crippen MR) is 110 cm³/mol. The van der Waals surface area contributed by atoms with Gasteiger partial charge in [-0.05, 0) is 34.9 Å². The smallest absolute Gasteiger partial charge is 0.270 e. The normalized spacial score (nSPS) is 10.8. The molecule has 0 saturated heterocycles. The number of ether oxygens (including phenoxy) is 2. The number of allylic oxidation sites excluding steroid dienone is 1. The Labute approximate surface area is 168 Å². The quantitative estimate of drug-likeness (QED) is 0.240. The first-order valence-electron chi connectivity index (χ1n) is 8.82. The Kier molecular flexibility index (Phi) is 6.23. The van der Waals surface area contributed by atoms with Crippen LogP contribution in [0.3, 0.4) is 0 Å². The Balaban J connectivity index is 1.90. The van der Waals surface area contributed by atoms with Crippen LogP contribution in [0.25, 0.3) is 11.6 Å². The minimum absolute atomic E-state index is 0.0646. The van der Waals surface area contributed by atoms with Gasteiger partial charge in [0.25, 0.3) is 5.69 Å². The van der Waals surface area contributed by atoms with Crippen LogP contribution in [0.2, 0.25) is 0 Å². The number of hydrogen-bond donors (Lipinski definition) is 0. The van der Waals surface area contributed by atoms with Crippen LogP contribution < -0.4 is 9.47 Å². The maximum absolute atomic E-state index is 11.0. The molecule has 0 fully saturated rings. The van der Waals surface area contributed by atoms with Gasteiger partial charge in [0, 0.05) is 12.1 Å². The summed E-state index contributed by atoms with van der Waals surface area (Å²) in [6.45, 7) is 0.375. The summed E-state index contributed by atoms with van der Waals surface area (Å²) in [7, 11) is 1.56. The molecule has 0 atom stereocenters. The molecule has 6 heteroatoms. The van der Waals surface area contributed by atoms with Gasteiger partial charge in [-0.1, -0.05) is 48.5 Å².